The van der Waals surface area contributed by atoms with Gasteiger partial charge < -0.3 is 9.15 Å². The maximum absolute atomic E-state index is 5.38. The van der Waals surface area contributed by atoms with Crippen molar-refractivity contribution in [3.63, 3.8) is 0 Å². The molecule has 0 bridgehead atoms. The van der Waals surface area contributed by atoms with E-state index in [4.69, 9.17) is 9.15 Å². The Hall–Kier alpha value is -1.66. The summed E-state index contributed by atoms with van der Waals surface area (Å²) >= 11 is 0. The van der Waals surface area contributed by atoms with Crippen LogP contribution in [-0.4, -0.2) is 40.2 Å². The predicted molar refractivity (Wildman–Crippen MR) is 73.1 cm³/mol. The summed E-state index contributed by atoms with van der Waals surface area (Å²) in [6.45, 7) is 6.30. The first kappa shape index (κ1) is 13.3. The molecular weight excluding hydrogens is 256 g/mol. The number of rotatable bonds is 5. The first-order chi connectivity index (χ1) is 9.81. The van der Waals surface area contributed by atoms with Gasteiger partial charge in [0.25, 0.3) is 0 Å². The molecule has 2 aromatic rings. The van der Waals surface area contributed by atoms with Crippen LogP contribution in [-0.2, 0) is 24.4 Å². The molecule has 0 amide bonds. The van der Waals surface area contributed by atoms with Crippen LogP contribution in [0.25, 0.3) is 0 Å². The first-order valence-corrected chi connectivity index (χ1v) is 6.96. The standard InChI is InChI=1S/C14H20N4O2/c1-3-18-14-12(10-19-2)7-17(8-13(14)15-16-18)6-11-4-5-20-9-11/h4-5,9,12H,3,6-8,10H2,1-2H3/t12-/m0/s1. The van der Waals surface area contributed by atoms with Gasteiger partial charge in [-0.25, -0.2) is 4.68 Å². The van der Waals surface area contributed by atoms with Crippen molar-refractivity contribution in [3.05, 3.63) is 35.5 Å². The van der Waals surface area contributed by atoms with Gasteiger partial charge in [-0.3, -0.25) is 4.90 Å². The van der Waals surface area contributed by atoms with Gasteiger partial charge in [0.2, 0.25) is 0 Å². The number of methoxy groups -OCH3 is 1. The molecule has 0 aromatic carbocycles. The van der Waals surface area contributed by atoms with E-state index in [2.05, 4.69) is 22.1 Å². The van der Waals surface area contributed by atoms with E-state index in [-0.39, 0.29) is 0 Å². The van der Waals surface area contributed by atoms with Crippen LogP contribution < -0.4 is 0 Å². The Morgan fingerprint density at radius 3 is 3.10 bits per heavy atom. The Balaban J connectivity index is 1.81. The molecular formula is C14H20N4O2. The molecule has 3 heterocycles. The molecule has 1 aliphatic rings. The van der Waals surface area contributed by atoms with Gasteiger partial charge in [0.15, 0.2) is 0 Å². The fourth-order valence-electron chi connectivity index (χ4n) is 2.92. The van der Waals surface area contributed by atoms with Crippen molar-refractivity contribution in [3.8, 4) is 0 Å². The highest BCUT2D eigenvalue weighted by molar-refractivity contribution is 5.20. The van der Waals surface area contributed by atoms with Crippen LogP contribution in [0.15, 0.2) is 23.0 Å². The second-order valence-corrected chi connectivity index (χ2v) is 5.19. The lowest BCUT2D eigenvalue weighted by atomic mass is 9.98. The third-order valence-electron chi connectivity index (χ3n) is 3.74. The second-order valence-electron chi connectivity index (χ2n) is 5.19. The molecule has 108 valence electrons. The second kappa shape index (κ2) is 5.76. The molecule has 1 aliphatic heterocycles. The van der Waals surface area contributed by atoms with Crippen LogP contribution in [0.2, 0.25) is 0 Å². The molecule has 1 atom stereocenters. The van der Waals surface area contributed by atoms with Gasteiger partial charge in [-0.05, 0) is 13.0 Å². The predicted octanol–water partition coefficient (Wildman–Crippen LogP) is 1.64. The van der Waals surface area contributed by atoms with Gasteiger partial charge in [0.1, 0.15) is 5.69 Å². The van der Waals surface area contributed by atoms with Crippen molar-refractivity contribution in [1.82, 2.24) is 19.9 Å². The van der Waals surface area contributed by atoms with E-state index in [1.807, 2.05) is 10.7 Å². The van der Waals surface area contributed by atoms with Gasteiger partial charge in [-0.15, -0.1) is 5.10 Å². The Kier molecular flexibility index (Phi) is 3.84. The summed E-state index contributed by atoms with van der Waals surface area (Å²) in [6, 6.07) is 2.00. The zero-order valence-corrected chi connectivity index (χ0v) is 12.0. The van der Waals surface area contributed by atoms with E-state index in [9.17, 15) is 0 Å². The molecule has 0 saturated carbocycles. The monoisotopic (exact) mass is 276 g/mol. The molecule has 0 aliphatic carbocycles. The van der Waals surface area contributed by atoms with E-state index < -0.39 is 0 Å². The molecule has 0 radical (unpaired) electrons. The Labute approximate surface area is 118 Å². The SMILES string of the molecule is CCn1nnc2c1[C@H](COC)CN(Cc1ccoc1)C2. The molecule has 0 unspecified atom stereocenters. The third-order valence-corrected chi connectivity index (χ3v) is 3.74. The molecule has 0 N–H and O–H groups in total. The zero-order valence-electron chi connectivity index (χ0n) is 12.0. The van der Waals surface area contributed by atoms with Gasteiger partial charge in [0.05, 0.1) is 24.8 Å². The van der Waals surface area contributed by atoms with E-state index in [1.54, 1.807) is 19.6 Å². The number of fused-ring (bicyclic) bond motifs is 1. The molecule has 6 heteroatoms. The zero-order chi connectivity index (χ0) is 13.9. The lowest BCUT2D eigenvalue weighted by Gasteiger charge is -2.31. The van der Waals surface area contributed by atoms with E-state index in [0.717, 1.165) is 31.9 Å². The highest BCUT2D eigenvalue weighted by Crippen LogP contribution is 2.28. The normalized spacial score (nSPS) is 19.2. The minimum atomic E-state index is 0.325. The average Bonchev–Trinajstić information content (AvgIpc) is 3.08. The summed E-state index contributed by atoms with van der Waals surface area (Å²) in [5.74, 6) is 0.325. The molecule has 3 rings (SSSR count). The smallest absolute Gasteiger partial charge is 0.100 e. The van der Waals surface area contributed by atoms with Crippen LogP contribution >= 0.6 is 0 Å². The molecule has 0 saturated heterocycles. The van der Waals surface area contributed by atoms with Crippen molar-refractivity contribution in [2.45, 2.75) is 32.5 Å². The van der Waals surface area contributed by atoms with Crippen LogP contribution in [0.1, 0.15) is 29.8 Å². The van der Waals surface area contributed by atoms with Crippen LogP contribution in [0.5, 0.6) is 0 Å². The van der Waals surface area contributed by atoms with Crippen LogP contribution in [0, 0.1) is 0 Å². The molecule has 20 heavy (non-hydrogen) atoms. The first-order valence-electron chi connectivity index (χ1n) is 6.96. The van der Waals surface area contributed by atoms with Gasteiger partial charge in [-0.1, -0.05) is 5.21 Å². The quantitative estimate of drug-likeness (QED) is 0.831. The number of furan rings is 1. The fraction of sp³-hybridized carbons (Fsp3) is 0.571. The topological polar surface area (TPSA) is 56.3 Å². The number of nitrogens with zero attached hydrogens (tertiary/aromatic N) is 4. The summed E-state index contributed by atoms with van der Waals surface area (Å²) in [6.07, 6.45) is 3.51. The number of hydrogen-bond donors (Lipinski definition) is 0. The Morgan fingerprint density at radius 2 is 2.40 bits per heavy atom. The summed E-state index contributed by atoms with van der Waals surface area (Å²) in [5, 5.41) is 8.58. The highest BCUT2D eigenvalue weighted by atomic mass is 16.5. The largest absolute Gasteiger partial charge is 0.472 e. The number of hydrogen-bond acceptors (Lipinski definition) is 5. The maximum atomic E-state index is 5.38. The van der Waals surface area contributed by atoms with Crippen molar-refractivity contribution in [2.24, 2.45) is 0 Å². The minimum Gasteiger partial charge on any atom is -0.472 e. The lowest BCUT2D eigenvalue weighted by Crippen LogP contribution is -2.35. The average molecular weight is 276 g/mol. The number of aryl methyl sites for hydroxylation is 1. The summed E-state index contributed by atoms with van der Waals surface area (Å²) in [5.41, 5.74) is 3.49. The fourth-order valence-corrected chi connectivity index (χ4v) is 2.92. The lowest BCUT2D eigenvalue weighted by molar-refractivity contribution is 0.131. The third kappa shape index (κ3) is 2.48. The van der Waals surface area contributed by atoms with E-state index in [0.29, 0.717) is 12.5 Å². The summed E-state index contributed by atoms with van der Waals surface area (Å²) < 4.78 is 12.5. The van der Waals surface area contributed by atoms with Crippen LogP contribution in [0.4, 0.5) is 0 Å². The number of aromatic nitrogens is 3. The van der Waals surface area contributed by atoms with E-state index >= 15 is 0 Å². The van der Waals surface area contributed by atoms with Crippen molar-refractivity contribution in [2.75, 3.05) is 20.3 Å². The van der Waals surface area contributed by atoms with Gasteiger partial charge >= 0.3 is 0 Å². The van der Waals surface area contributed by atoms with Gasteiger partial charge in [0, 0.05) is 44.8 Å². The highest BCUT2D eigenvalue weighted by Gasteiger charge is 2.30. The molecule has 0 fully saturated rings. The Bertz CT molecular complexity index is 550. The summed E-state index contributed by atoms with van der Waals surface area (Å²) in [4.78, 5) is 2.37. The van der Waals surface area contributed by atoms with Crippen molar-refractivity contribution < 1.29 is 9.15 Å². The number of ether oxygens (including phenoxy) is 1. The summed E-state index contributed by atoms with van der Waals surface area (Å²) in [7, 11) is 1.74. The Morgan fingerprint density at radius 1 is 1.50 bits per heavy atom. The van der Waals surface area contributed by atoms with E-state index in [1.165, 1.54) is 11.3 Å². The van der Waals surface area contributed by atoms with Crippen LogP contribution in [0.3, 0.4) is 0 Å². The molecule has 2 aromatic heterocycles. The van der Waals surface area contributed by atoms with Gasteiger partial charge in [-0.2, -0.15) is 0 Å². The molecule has 0 spiro atoms. The molecule has 6 nitrogen and oxygen atoms in total. The maximum Gasteiger partial charge on any atom is 0.100 e. The van der Waals surface area contributed by atoms with Crippen molar-refractivity contribution in [1.29, 1.82) is 0 Å². The van der Waals surface area contributed by atoms with Crippen molar-refractivity contribution >= 4 is 0 Å². The minimum absolute atomic E-state index is 0.325.